The van der Waals surface area contributed by atoms with Crippen molar-refractivity contribution >= 4 is 36.7 Å². The standard InChI is InChI=1S/C25H25ClN4O3.H2S/c1-25(15-31)7-5-19-17(14-27)11-16(12-20(19)25)21-6-8-28-24(29-21)30-22-13-18(26)3-4-23(22)33-10-9-32-2;/h3-4,6,8,11-13,31H,5,7,9-10,15H2,1-2H3,(H,28,29,30);1H2/t25-;/m0./s1. The van der Waals surface area contributed by atoms with Crippen molar-refractivity contribution in [2.75, 3.05) is 32.2 Å². The summed E-state index contributed by atoms with van der Waals surface area (Å²) in [6.45, 7) is 2.91. The van der Waals surface area contributed by atoms with Crippen LogP contribution < -0.4 is 10.1 Å². The molecule has 2 aromatic carbocycles. The first-order chi connectivity index (χ1) is 16.0. The Balaban J connectivity index is 0.00000324. The summed E-state index contributed by atoms with van der Waals surface area (Å²) in [5.74, 6) is 0.976. The van der Waals surface area contributed by atoms with Crippen LogP contribution in [0.2, 0.25) is 5.02 Å². The van der Waals surface area contributed by atoms with Gasteiger partial charge in [0.05, 0.1) is 36.2 Å². The summed E-state index contributed by atoms with van der Waals surface area (Å²) in [4.78, 5) is 9.00. The van der Waals surface area contributed by atoms with Gasteiger partial charge in [0.1, 0.15) is 12.4 Å². The summed E-state index contributed by atoms with van der Waals surface area (Å²) >= 11 is 6.19. The Kier molecular flexibility index (Phi) is 8.39. The Morgan fingerprint density at radius 1 is 1.24 bits per heavy atom. The molecule has 178 valence electrons. The molecule has 34 heavy (non-hydrogen) atoms. The molecule has 0 spiro atoms. The van der Waals surface area contributed by atoms with E-state index in [2.05, 4.69) is 21.4 Å². The van der Waals surface area contributed by atoms with Crippen LogP contribution in [0.15, 0.2) is 42.6 Å². The van der Waals surface area contributed by atoms with Crippen LogP contribution in [0.5, 0.6) is 5.75 Å². The van der Waals surface area contributed by atoms with E-state index in [9.17, 15) is 10.4 Å². The fourth-order valence-electron chi connectivity index (χ4n) is 4.09. The highest BCUT2D eigenvalue weighted by Gasteiger charge is 2.35. The fourth-order valence-corrected chi connectivity index (χ4v) is 4.26. The molecule has 0 unspecified atom stereocenters. The summed E-state index contributed by atoms with van der Waals surface area (Å²) in [5.41, 5.74) is 4.40. The third-order valence-corrected chi connectivity index (χ3v) is 6.22. The van der Waals surface area contributed by atoms with Crippen molar-refractivity contribution in [2.45, 2.75) is 25.2 Å². The second-order valence-electron chi connectivity index (χ2n) is 8.25. The van der Waals surface area contributed by atoms with Crippen LogP contribution in [-0.2, 0) is 16.6 Å². The third-order valence-electron chi connectivity index (χ3n) is 5.98. The van der Waals surface area contributed by atoms with E-state index in [0.29, 0.717) is 46.9 Å². The molecule has 1 aromatic heterocycles. The van der Waals surface area contributed by atoms with Crippen molar-refractivity contribution in [3.05, 3.63) is 64.3 Å². The van der Waals surface area contributed by atoms with Crippen molar-refractivity contribution in [3.8, 4) is 23.1 Å². The Labute approximate surface area is 211 Å². The molecule has 0 aliphatic heterocycles. The summed E-state index contributed by atoms with van der Waals surface area (Å²) in [5, 5.41) is 23.4. The van der Waals surface area contributed by atoms with Crippen LogP contribution in [0.3, 0.4) is 0 Å². The van der Waals surface area contributed by atoms with Crippen molar-refractivity contribution in [3.63, 3.8) is 0 Å². The predicted molar refractivity (Wildman–Crippen MR) is 137 cm³/mol. The smallest absolute Gasteiger partial charge is 0.227 e. The van der Waals surface area contributed by atoms with Crippen LogP contribution in [0.4, 0.5) is 11.6 Å². The minimum Gasteiger partial charge on any atom is -0.489 e. The van der Waals surface area contributed by atoms with Crippen LogP contribution in [0, 0.1) is 11.3 Å². The van der Waals surface area contributed by atoms with Gasteiger partial charge in [0, 0.05) is 29.3 Å². The SMILES string of the molecule is COCCOc1ccc(Cl)cc1Nc1nccc(-c2cc(C#N)c3c(c2)[C@](C)(CO)CC3)n1.S. The number of benzene rings is 2. The average Bonchev–Trinajstić information content (AvgIpc) is 3.17. The third kappa shape index (κ3) is 5.29. The Morgan fingerprint density at radius 3 is 2.79 bits per heavy atom. The van der Waals surface area contributed by atoms with E-state index in [4.69, 9.17) is 21.1 Å². The van der Waals surface area contributed by atoms with E-state index in [-0.39, 0.29) is 25.5 Å². The van der Waals surface area contributed by atoms with Crippen molar-refractivity contribution in [1.29, 1.82) is 5.26 Å². The lowest BCUT2D eigenvalue weighted by molar-refractivity contribution is 0.146. The van der Waals surface area contributed by atoms with Gasteiger partial charge in [-0.25, -0.2) is 9.97 Å². The van der Waals surface area contributed by atoms with E-state index < -0.39 is 0 Å². The van der Waals surface area contributed by atoms with Crippen LogP contribution in [-0.4, -0.2) is 42.0 Å². The van der Waals surface area contributed by atoms with E-state index in [1.54, 1.807) is 37.6 Å². The van der Waals surface area contributed by atoms with Gasteiger partial charge in [-0.3, -0.25) is 0 Å². The largest absolute Gasteiger partial charge is 0.489 e. The zero-order valence-electron chi connectivity index (χ0n) is 19.1. The Hall–Kier alpha value is -2.83. The normalized spacial score (nSPS) is 16.3. The number of fused-ring (bicyclic) bond motifs is 1. The molecule has 1 heterocycles. The summed E-state index contributed by atoms with van der Waals surface area (Å²) in [7, 11) is 1.61. The molecule has 1 aliphatic carbocycles. The molecule has 0 saturated heterocycles. The number of nitrogens with zero attached hydrogens (tertiary/aromatic N) is 3. The number of anilines is 2. The Morgan fingerprint density at radius 2 is 2.06 bits per heavy atom. The molecule has 7 nitrogen and oxygen atoms in total. The maximum absolute atomic E-state index is 9.98. The molecular weight excluding hydrogens is 472 g/mol. The van der Waals surface area contributed by atoms with Crippen LogP contribution in [0.25, 0.3) is 11.3 Å². The van der Waals surface area contributed by atoms with Gasteiger partial charge in [-0.1, -0.05) is 18.5 Å². The second-order valence-corrected chi connectivity index (χ2v) is 8.69. The number of ether oxygens (including phenoxy) is 2. The molecule has 4 rings (SSSR count). The van der Waals surface area contributed by atoms with Crippen molar-refractivity contribution < 1.29 is 14.6 Å². The maximum atomic E-state index is 9.98. The highest BCUT2D eigenvalue weighted by molar-refractivity contribution is 7.59. The number of aliphatic hydroxyl groups excluding tert-OH is 1. The van der Waals surface area contributed by atoms with Gasteiger partial charge in [-0.2, -0.15) is 18.8 Å². The minimum atomic E-state index is -0.361. The number of halogens is 1. The molecule has 2 N–H and O–H groups in total. The molecule has 1 aliphatic rings. The zero-order valence-corrected chi connectivity index (χ0v) is 20.8. The molecule has 0 fully saturated rings. The number of nitriles is 1. The average molecular weight is 499 g/mol. The lowest BCUT2D eigenvalue weighted by Gasteiger charge is -2.23. The molecule has 9 heteroatoms. The maximum Gasteiger partial charge on any atom is 0.227 e. The quantitative estimate of drug-likeness (QED) is 0.432. The highest BCUT2D eigenvalue weighted by atomic mass is 35.5. The van der Waals surface area contributed by atoms with Crippen LogP contribution in [0.1, 0.15) is 30.0 Å². The molecule has 1 atom stereocenters. The first-order valence-electron chi connectivity index (χ1n) is 10.7. The molecular formula is C25H27ClN4O3S. The lowest BCUT2D eigenvalue weighted by Crippen LogP contribution is -2.23. The molecule has 3 aromatic rings. The fraction of sp³-hybridized carbons (Fsp3) is 0.320. The van der Waals surface area contributed by atoms with Gasteiger partial charge in [-0.05, 0) is 60.4 Å². The number of hydrogen-bond donors (Lipinski definition) is 2. The number of aromatic nitrogens is 2. The van der Waals surface area contributed by atoms with Gasteiger partial charge in [-0.15, -0.1) is 0 Å². The molecule has 0 bridgehead atoms. The second kappa shape index (κ2) is 11.1. The monoisotopic (exact) mass is 498 g/mol. The van der Waals surface area contributed by atoms with E-state index in [1.807, 2.05) is 19.1 Å². The first kappa shape index (κ1) is 25.8. The molecule has 0 saturated carbocycles. The first-order valence-corrected chi connectivity index (χ1v) is 11.1. The van der Waals surface area contributed by atoms with Gasteiger partial charge in [0.15, 0.2) is 0 Å². The Bertz CT molecular complexity index is 1220. The van der Waals surface area contributed by atoms with Crippen molar-refractivity contribution in [1.82, 2.24) is 9.97 Å². The predicted octanol–water partition coefficient (Wildman–Crippen LogP) is 4.75. The molecule has 0 radical (unpaired) electrons. The lowest BCUT2D eigenvalue weighted by atomic mass is 9.83. The number of hydrogen-bond acceptors (Lipinski definition) is 7. The van der Waals surface area contributed by atoms with Gasteiger partial charge in [0.25, 0.3) is 0 Å². The van der Waals surface area contributed by atoms with E-state index in [1.165, 1.54) is 0 Å². The van der Waals surface area contributed by atoms with E-state index in [0.717, 1.165) is 29.5 Å². The number of rotatable bonds is 8. The number of nitrogens with one attached hydrogen (secondary N) is 1. The van der Waals surface area contributed by atoms with Gasteiger partial charge >= 0.3 is 0 Å². The van der Waals surface area contributed by atoms with E-state index >= 15 is 0 Å². The minimum absolute atomic E-state index is 0. The zero-order chi connectivity index (χ0) is 23.4. The number of aliphatic hydroxyl groups is 1. The van der Waals surface area contributed by atoms with Gasteiger partial charge < -0.3 is 19.9 Å². The topological polar surface area (TPSA) is 100 Å². The molecule has 0 amide bonds. The van der Waals surface area contributed by atoms with Crippen molar-refractivity contribution in [2.24, 2.45) is 0 Å². The summed E-state index contributed by atoms with van der Waals surface area (Å²) in [6, 6.07) is 13.3. The summed E-state index contributed by atoms with van der Waals surface area (Å²) in [6.07, 6.45) is 3.26. The van der Waals surface area contributed by atoms with Gasteiger partial charge in [0.2, 0.25) is 5.95 Å². The summed E-state index contributed by atoms with van der Waals surface area (Å²) < 4.78 is 10.8. The highest BCUT2D eigenvalue weighted by Crippen LogP contribution is 2.42. The number of methoxy groups -OCH3 is 1. The van der Waals surface area contributed by atoms with Crippen LogP contribution >= 0.6 is 25.1 Å².